The van der Waals surface area contributed by atoms with Crippen LogP contribution in [0.1, 0.15) is 39.5 Å². The van der Waals surface area contributed by atoms with E-state index in [4.69, 9.17) is 16.7 Å². The number of halogens is 1. The summed E-state index contributed by atoms with van der Waals surface area (Å²) in [6, 6.07) is 0. The minimum absolute atomic E-state index is 0.118. The Morgan fingerprint density at radius 3 is 2.08 bits per heavy atom. The quantitative estimate of drug-likeness (QED) is 0.664. The number of hydrogen-bond acceptors (Lipinski definition) is 1. The van der Waals surface area contributed by atoms with Crippen molar-refractivity contribution in [3.05, 3.63) is 0 Å². The molecule has 0 saturated heterocycles. The van der Waals surface area contributed by atoms with Crippen molar-refractivity contribution >= 4 is 17.6 Å². The molecule has 1 atom stereocenters. The van der Waals surface area contributed by atoms with Gasteiger partial charge in [0, 0.05) is 10.8 Å². The molecule has 0 bridgehead atoms. The second kappa shape index (κ2) is 2.22. The molecule has 0 aromatic heterocycles. The maximum absolute atomic E-state index is 11.1. The molecular formula is C10H15ClO2. The summed E-state index contributed by atoms with van der Waals surface area (Å²) in [6.07, 6.45) is 4.22. The maximum Gasteiger partial charge on any atom is 0.325 e. The van der Waals surface area contributed by atoms with E-state index in [9.17, 15) is 4.79 Å². The summed E-state index contributed by atoms with van der Waals surface area (Å²) >= 11 is 6.23. The lowest BCUT2D eigenvalue weighted by atomic mass is 9.94. The minimum atomic E-state index is -0.990. The van der Waals surface area contributed by atoms with Gasteiger partial charge < -0.3 is 5.11 Å². The highest BCUT2D eigenvalue weighted by atomic mass is 35.5. The number of carbonyl (C=O) groups is 1. The monoisotopic (exact) mass is 202 g/mol. The van der Waals surface area contributed by atoms with Gasteiger partial charge in [-0.2, -0.15) is 0 Å². The van der Waals surface area contributed by atoms with Gasteiger partial charge in [0.25, 0.3) is 0 Å². The Morgan fingerprint density at radius 2 is 1.77 bits per heavy atom. The summed E-state index contributed by atoms with van der Waals surface area (Å²) in [5, 5.41) is 9.14. The van der Waals surface area contributed by atoms with Crippen molar-refractivity contribution in [3.63, 3.8) is 0 Å². The van der Waals surface area contributed by atoms with E-state index in [-0.39, 0.29) is 10.8 Å². The number of carboxylic acid groups (broad SMARTS) is 1. The fraction of sp³-hybridized carbons (Fsp3) is 0.900. The molecule has 1 N–H and O–H groups in total. The van der Waals surface area contributed by atoms with E-state index in [2.05, 4.69) is 0 Å². The summed E-state index contributed by atoms with van der Waals surface area (Å²) in [4.78, 5) is 10.1. The fourth-order valence-corrected chi connectivity index (χ4v) is 3.98. The Kier molecular flexibility index (Phi) is 1.59. The predicted octanol–water partition coefficient (Wildman–Crippen LogP) is 2.65. The Balaban J connectivity index is 2.39. The summed E-state index contributed by atoms with van der Waals surface area (Å²) < 4.78 is 0. The van der Waals surface area contributed by atoms with Gasteiger partial charge in [0.05, 0.1) is 0 Å². The molecule has 3 heteroatoms. The number of hydrogen-bond donors (Lipinski definition) is 1. The van der Waals surface area contributed by atoms with E-state index in [1.807, 2.05) is 13.8 Å². The van der Waals surface area contributed by atoms with Crippen molar-refractivity contribution in [1.82, 2.24) is 0 Å². The van der Waals surface area contributed by atoms with Crippen molar-refractivity contribution in [2.45, 2.75) is 44.4 Å². The average molecular weight is 203 g/mol. The van der Waals surface area contributed by atoms with Gasteiger partial charge in [0.1, 0.15) is 0 Å². The van der Waals surface area contributed by atoms with Crippen LogP contribution in [0.3, 0.4) is 0 Å². The maximum atomic E-state index is 11.1. The highest BCUT2D eigenvalue weighted by molar-refractivity contribution is 6.38. The van der Waals surface area contributed by atoms with E-state index < -0.39 is 10.8 Å². The molecule has 2 fully saturated rings. The van der Waals surface area contributed by atoms with E-state index in [0.29, 0.717) is 0 Å². The molecule has 0 aromatic carbocycles. The van der Waals surface area contributed by atoms with Crippen LogP contribution in [0.4, 0.5) is 0 Å². The average Bonchev–Trinajstić information content (AvgIpc) is 2.44. The van der Waals surface area contributed by atoms with Crippen LogP contribution in [-0.4, -0.2) is 16.0 Å². The third-order valence-electron chi connectivity index (χ3n) is 4.41. The standard InChI is InChI=1S/C10H15ClO2/c1-8(2)9(5-3-4-6-9)10(8,11)7(12)13/h3-6H2,1-2H3,(H,12,13). The van der Waals surface area contributed by atoms with E-state index in [1.54, 1.807) is 0 Å². The molecule has 13 heavy (non-hydrogen) atoms. The third kappa shape index (κ3) is 0.709. The highest BCUT2D eigenvalue weighted by Crippen LogP contribution is 2.81. The summed E-state index contributed by atoms with van der Waals surface area (Å²) in [5.74, 6) is -0.832. The molecule has 0 aromatic rings. The van der Waals surface area contributed by atoms with Gasteiger partial charge >= 0.3 is 5.97 Å². The van der Waals surface area contributed by atoms with E-state index in [1.165, 1.54) is 0 Å². The number of rotatable bonds is 1. The molecule has 1 spiro atoms. The predicted molar refractivity (Wildman–Crippen MR) is 50.9 cm³/mol. The van der Waals surface area contributed by atoms with Crippen molar-refractivity contribution < 1.29 is 9.90 Å². The molecule has 2 rings (SSSR count). The largest absolute Gasteiger partial charge is 0.480 e. The van der Waals surface area contributed by atoms with Crippen LogP contribution in [-0.2, 0) is 4.79 Å². The van der Waals surface area contributed by atoms with Crippen LogP contribution < -0.4 is 0 Å². The number of alkyl halides is 1. The molecule has 2 nitrogen and oxygen atoms in total. The van der Waals surface area contributed by atoms with Crippen molar-refractivity contribution in [2.75, 3.05) is 0 Å². The first-order chi connectivity index (χ1) is 5.90. The molecule has 0 amide bonds. The van der Waals surface area contributed by atoms with Gasteiger partial charge in [-0.3, -0.25) is 4.79 Å². The first-order valence-electron chi connectivity index (χ1n) is 4.82. The smallest absolute Gasteiger partial charge is 0.325 e. The summed E-state index contributed by atoms with van der Waals surface area (Å²) in [6.45, 7) is 3.97. The number of aliphatic carboxylic acids is 1. The van der Waals surface area contributed by atoms with Crippen LogP contribution >= 0.6 is 11.6 Å². The lowest BCUT2D eigenvalue weighted by molar-refractivity contribution is -0.138. The van der Waals surface area contributed by atoms with Crippen LogP contribution in [0.5, 0.6) is 0 Å². The Bertz CT molecular complexity index is 266. The topological polar surface area (TPSA) is 37.3 Å². The SMILES string of the molecule is CC1(C)C2(CCCC2)C1(Cl)C(=O)O. The van der Waals surface area contributed by atoms with Gasteiger partial charge in [-0.05, 0) is 12.8 Å². The van der Waals surface area contributed by atoms with Gasteiger partial charge in [0.15, 0.2) is 4.87 Å². The molecule has 2 aliphatic carbocycles. The van der Waals surface area contributed by atoms with Crippen LogP contribution in [0.15, 0.2) is 0 Å². The lowest BCUT2D eigenvalue weighted by Crippen LogP contribution is -2.24. The zero-order valence-electron chi connectivity index (χ0n) is 8.06. The fourth-order valence-electron chi connectivity index (χ4n) is 3.42. The molecule has 2 aliphatic rings. The third-order valence-corrected chi connectivity index (χ3v) is 5.40. The normalized spacial score (nSPS) is 39.3. The van der Waals surface area contributed by atoms with Crippen LogP contribution in [0.2, 0.25) is 0 Å². The van der Waals surface area contributed by atoms with Gasteiger partial charge in [-0.25, -0.2) is 0 Å². The second-order valence-corrected chi connectivity index (χ2v) is 5.44. The van der Waals surface area contributed by atoms with Gasteiger partial charge in [-0.1, -0.05) is 26.7 Å². The molecule has 0 aliphatic heterocycles. The van der Waals surface area contributed by atoms with Crippen molar-refractivity contribution in [2.24, 2.45) is 10.8 Å². The number of carboxylic acids is 1. The molecule has 1 unspecified atom stereocenters. The Labute approximate surface area is 83.3 Å². The first kappa shape index (κ1) is 9.32. The zero-order valence-corrected chi connectivity index (χ0v) is 8.82. The summed E-state index contributed by atoms with van der Waals surface area (Å²) in [7, 11) is 0. The van der Waals surface area contributed by atoms with E-state index in [0.717, 1.165) is 25.7 Å². The molecule has 74 valence electrons. The summed E-state index contributed by atoms with van der Waals surface area (Å²) in [5.41, 5.74) is -0.350. The van der Waals surface area contributed by atoms with Gasteiger partial charge in [-0.15, -0.1) is 11.6 Å². The van der Waals surface area contributed by atoms with E-state index >= 15 is 0 Å². The zero-order chi connectivity index (χ0) is 9.91. The molecule has 0 heterocycles. The first-order valence-corrected chi connectivity index (χ1v) is 5.20. The van der Waals surface area contributed by atoms with Crippen molar-refractivity contribution in [1.29, 1.82) is 0 Å². The Hall–Kier alpha value is -0.240. The highest BCUT2D eigenvalue weighted by Gasteiger charge is 2.85. The molecule has 2 saturated carbocycles. The van der Waals surface area contributed by atoms with Crippen molar-refractivity contribution in [3.8, 4) is 0 Å². The molecule has 0 radical (unpaired) electrons. The lowest BCUT2D eigenvalue weighted by Gasteiger charge is -2.10. The second-order valence-electron chi connectivity index (χ2n) is 4.88. The Morgan fingerprint density at radius 1 is 1.31 bits per heavy atom. The van der Waals surface area contributed by atoms with Gasteiger partial charge in [0.2, 0.25) is 0 Å². The van der Waals surface area contributed by atoms with Crippen LogP contribution in [0, 0.1) is 10.8 Å². The minimum Gasteiger partial charge on any atom is -0.480 e. The van der Waals surface area contributed by atoms with Crippen LogP contribution in [0.25, 0.3) is 0 Å². The molecular weight excluding hydrogens is 188 g/mol.